The van der Waals surface area contributed by atoms with Gasteiger partial charge >= 0.3 is 0 Å². The molecule has 0 radical (unpaired) electrons. The molecule has 1 aromatic carbocycles. The molecule has 0 saturated carbocycles. The Morgan fingerprint density at radius 1 is 1.35 bits per heavy atom. The second-order valence-electron chi connectivity index (χ2n) is 3.64. The van der Waals surface area contributed by atoms with Gasteiger partial charge in [-0.05, 0) is 18.2 Å². The third-order valence-electron chi connectivity index (χ3n) is 2.32. The Morgan fingerprint density at radius 3 is 2.94 bits per heavy atom. The molecule has 6 nitrogen and oxygen atoms in total. The summed E-state index contributed by atoms with van der Waals surface area (Å²) in [6.07, 6.45) is 1.72. The summed E-state index contributed by atoms with van der Waals surface area (Å²) in [6, 6.07) is 5.40. The fourth-order valence-corrected chi connectivity index (χ4v) is 1.52. The van der Waals surface area contributed by atoms with E-state index in [1.165, 1.54) is 6.33 Å². The Labute approximate surface area is 98.0 Å². The van der Waals surface area contributed by atoms with Gasteiger partial charge in [0.25, 0.3) is 0 Å². The molecule has 0 bridgehead atoms. The van der Waals surface area contributed by atoms with Gasteiger partial charge in [-0.1, -0.05) is 0 Å². The van der Waals surface area contributed by atoms with E-state index in [2.05, 4.69) is 15.3 Å². The number of primary amides is 1. The third kappa shape index (κ3) is 2.60. The Hall–Kier alpha value is -2.37. The largest absolute Gasteiger partial charge is 0.399 e. The van der Waals surface area contributed by atoms with Crippen LogP contribution in [-0.4, -0.2) is 22.4 Å². The van der Waals surface area contributed by atoms with Crippen molar-refractivity contribution >= 4 is 28.3 Å². The van der Waals surface area contributed by atoms with Crippen LogP contribution in [0.4, 0.5) is 11.5 Å². The van der Waals surface area contributed by atoms with Gasteiger partial charge < -0.3 is 16.8 Å². The monoisotopic (exact) mass is 231 g/mol. The van der Waals surface area contributed by atoms with E-state index in [1.54, 1.807) is 12.1 Å². The Kier molecular flexibility index (Phi) is 3.04. The molecule has 2 rings (SSSR count). The second-order valence-corrected chi connectivity index (χ2v) is 3.64. The number of benzene rings is 1. The number of amides is 1. The van der Waals surface area contributed by atoms with E-state index in [0.29, 0.717) is 18.1 Å². The molecule has 0 fully saturated rings. The zero-order chi connectivity index (χ0) is 12.3. The maximum atomic E-state index is 10.6. The molecular weight excluding hydrogens is 218 g/mol. The van der Waals surface area contributed by atoms with E-state index < -0.39 is 0 Å². The molecule has 0 aliphatic rings. The lowest BCUT2D eigenvalue weighted by Crippen LogP contribution is -2.16. The number of rotatable bonds is 4. The van der Waals surface area contributed by atoms with Crippen molar-refractivity contribution in [2.45, 2.75) is 6.42 Å². The SMILES string of the molecule is NC(=O)CCNc1ncnc2ccc(N)cc12. The highest BCUT2D eigenvalue weighted by Gasteiger charge is 2.03. The first-order valence-corrected chi connectivity index (χ1v) is 5.19. The minimum absolute atomic E-state index is 0.258. The quantitative estimate of drug-likeness (QED) is 0.664. The van der Waals surface area contributed by atoms with Crippen LogP contribution in [0.3, 0.4) is 0 Å². The smallest absolute Gasteiger partial charge is 0.219 e. The molecule has 0 atom stereocenters. The van der Waals surface area contributed by atoms with E-state index in [9.17, 15) is 4.79 Å². The summed E-state index contributed by atoms with van der Waals surface area (Å²) in [5.41, 5.74) is 12.2. The molecular formula is C11H13N5O. The van der Waals surface area contributed by atoms with Crippen LogP contribution in [-0.2, 0) is 4.79 Å². The topological polar surface area (TPSA) is 107 Å². The number of nitrogens with two attached hydrogens (primary N) is 2. The highest BCUT2D eigenvalue weighted by molar-refractivity contribution is 5.91. The van der Waals surface area contributed by atoms with Crippen LogP contribution < -0.4 is 16.8 Å². The Morgan fingerprint density at radius 2 is 2.18 bits per heavy atom. The number of anilines is 2. The van der Waals surface area contributed by atoms with Crippen molar-refractivity contribution < 1.29 is 4.79 Å². The molecule has 2 aromatic rings. The zero-order valence-corrected chi connectivity index (χ0v) is 9.18. The molecule has 17 heavy (non-hydrogen) atoms. The highest BCUT2D eigenvalue weighted by atomic mass is 16.1. The first-order valence-electron chi connectivity index (χ1n) is 5.19. The number of nitrogens with zero attached hydrogens (tertiary/aromatic N) is 2. The first-order chi connectivity index (χ1) is 8.16. The summed E-state index contributed by atoms with van der Waals surface area (Å²) >= 11 is 0. The van der Waals surface area contributed by atoms with Gasteiger partial charge in [0.15, 0.2) is 0 Å². The predicted octanol–water partition coefficient (Wildman–Crippen LogP) is 0.499. The maximum Gasteiger partial charge on any atom is 0.219 e. The lowest BCUT2D eigenvalue weighted by Gasteiger charge is -2.07. The van der Waals surface area contributed by atoms with Gasteiger partial charge in [0.1, 0.15) is 12.1 Å². The highest BCUT2D eigenvalue weighted by Crippen LogP contribution is 2.21. The van der Waals surface area contributed by atoms with Crippen molar-refractivity contribution in [2.75, 3.05) is 17.6 Å². The number of nitrogen functional groups attached to an aromatic ring is 1. The predicted molar refractivity (Wildman–Crippen MR) is 66.3 cm³/mol. The third-order valence-corrected chi connectivity index (χ3v) is 2.32. The molecule has 0 unspecified atom stereocenters. The normalized spacial score (nSPS) is 10.4. The van der Waals surface area contributed by atoms with Gasteiger partial charge in [0.2, 0.25) is 5.91 Å². The van der Waals surface area contributed by atoms with Gasteiger partial charge in [-0.3, -0.25) is 4.79 Å². The zero-order valence-electron chi connectivity index (χ0n) is 9.18. The number of carbonyl (C=O) groups is 1. The van der Waals surface area contributed by atoms with Gasteiger partial charge in [0.05, 0.1) is 5.52 Å². The minimum atomic E-state index is -0.352. The maximum absolute atomic E-state index is 10.6. The standard InChI is InChI=1S/C11H13N5O/c12-7-1-2-9-8(5-7)11(16-6-15-9)14-4-3-10(13)17/h1-2,5-6H,3-4,12H2,(H2,13,17)(H,14,15,16). The van der Waals surface area contributed by atoms with Crippen molar-refractivity contribution in [2.24, 2.45) is 5.73 Å². The number of hydrogen-bond donors (Lipinski definition) is 3. The molecule has 5 N–H and O–H groups in total. The lowest BCUT2D eigenvalue weighted by atomic mass is 10.2. The van der Waals surface area contributed by atoms with Gasteiger partial charge in [-0.25, -0.2) is 9.97 Å². The van der Waals surface area contributed by atoms with Crippen molar-refractivity contribution in [1.29, 1.82) is 0 Å². The summed E-state index contributed by atoms with van der Waals surface area (Å²) in [5.74, 6) is 0.305. The Bertz CT molecular complexity index is 555. The summed E-state index contributed by atoms with van der Waals surface area (Å²) in [4.78, 5) is 18.9. The van der Waals surface area contributed by atoms with Crippen molar-refractivity contribution in [3.8, 4) is 0 Å². The van der Waals surface area contributed by atoms with Crippen molar-refractivity contribution in [3.05, 3.63) is 24.5 Å². The van der Waals surface area contributed by atoms with Gasteiger partial charge in [0, 0.05) is 24.0 Å². The summed E-state index contributed by atoms with van der Waals surface area (Å²) in [7, 11) is 0. The van der Waals surface area contributed by atoms with E-state index in [-0.39, 0.29) is 12.3 Å². The molecule has 0 aliphatic heterocycles. The number of fused-ring (bicyclic) bond motifs is 1. The summed E-state index contributed by atoms with van der Waals surface area (Å²) in [5, 5.41) is 3.87. The van der Waals surface area contributed by atoms with E-state index in [4.69, 9.17) is 11.5 Å². The lowest BCUT2D eigenvalue weighted by molar-refractivity contribution is -0.117. The van der Waals surface area contributed by atoms with E-state index in [0.717, 1.165) is 10.9 Å². The molecule has 0 spiro atoms. The van der Waals surface area contributed by atoms with Crippen LogP contribution >= 0.6 is 0 Å². The molecule has 88 valence electrons. The average Bonchev–Trinajstić information content (AvgIpc) is 2.29. The van der Waals surface area contributed by atoms with Crippen LogP contribution in [0, 0.1) is 0 Å². The van der Waals surface area contributed by atoms with Crippen LogP contribution in [0.25, 0.3) is 10.9 Å². The Balaban J connectivity index is 2.27. The van der Waals surface area contributed by atoms with Gasteiger partial charge in [-0.15, -0.1) is 0 Å². The van der Waals surface area contributed by atoms with Crippen molar-refractivity contribution in [3.63, 3.8) is 0 Å². The molecule has 1 amide bonds. The fraction of sp³-hybridized carbons (Fsp3) is 0.182. The molecule has 1 aromatic heterocycles. The van der Waals surface area contributed by atoms with Crippen LogP contribution in [0.5, 0.6) is 0 Å². The molecule has 1 heterocycles. The second kappa shape index (κ2) is 4.65. The van der Waals surface area contributed by atoms with Crippen LogP contribution in [0.15, 0.2) is 24.5 Å². The molecule has 0 aliphatic carbocycles. The summed E-state index contributed by atoms with van der Waals surface area (Å²) in [6.45, 7) is 0.441. The number of nitrogens with one attached hydrogen (secondary N) is 1. The minimum Gasteiger partial charge on any atom is -0.399 e. The number of carbonyl (C=O) groups excluding carboxylic acids is 1. The van der Waals surface area contributed by atoms with Crippen LogP contribution in [0.1, 0.15) is 6.42 Å². The fourth-order valence-electron chi connectivity index (χ4n) is 1.52. The molecule has 0 saturated heterocycles. The average molecular weight is 231 g/mol. The van der Waals surface area contributed by atoms with E-state index >= 15 is 0 Å². The first kappa shape index (κ1) is 11.1. The number of aromatic nitrogens is 2. The number of hydrogen-bond acceptors (Lipinski definition) is 5. The van der Waals surface area contributed by atoms with E-state index in [1.807, 2.05) is 6.07 Å². The van der Waals surface area contributed by atoms with Crippen molar-refractivity contribution in [1.82, 2.24) is 9.97 Å². The molecule has 6 heteroatoms. The van der Waals surface area contributed by atoms with Crippen LogP contribution in [0.2, 0.25) is 0 Å². The van der Waals surface area contributed by atoms with Gasteiger partial charge in [-0.2, -0.15) is 0 Å². The summed E-state index contributed by atoms with van der Waals surface area (Å²) < 4.78 is 0.